The van der Waals surface area contributed by atoms with Gasteiger partial charge in [-0.1, -0.05) is 23.5 Å². The zero-order valence-electron chi connectivity index (χ0n) is 14.7. The standard InChI is InChI=1S/C21H15N5OS/c27-19(12-26-13-23-16-4-1-2-6-18(16)26)24-15-9-7-14(8-10-15)20-25-17-5-3-11-22-21(17)28-20/h1-11,13H,12H2,(H,24,27). The van der Waals surface area contributed by atoms with Gasteiger partial charge in [0.2, 0.25) is 5.91 Å². The first-order chi connectivity index (χ1) is 13.8. The van der Waals surface area contributed by atoms with Crippen molar-refractivity contribution < 1.29 is 4.79 Å². The van der Waals surface area contributed by atoms with Gasteiger partial charge in [0, 0.05) is 17.4 Å². The van der Waals surface area contributed by atoms with Crippen LogP contribution in [0.4, 0.5) is 5.69 Å². The van der Waals surface area contributed by atoms with Crippen molar-refractivity contribution >= 4 is 44.3 Å². The molecular formula is C21H15N5OS. The molecule has 1 N–H and O–H groups in total. The number of carbonyl (C=O) groups excluding carboxylic acids is 1. The third-order valence-corrected chi connectivity index (χ3v) is 5.45. The van der Waals surface area contributed by atoms with Crippen LogP contribution in [0.25, 0.3) is 32.0 Å². The molecule has 2 aromatic carbocycles. The lowest BCUT2D eigenvalue weighted by Gasteiger charge is -2.07. The quantitative estimate of drug-likeness (QED) is 0.499. The first-order valence-corrected chi connectivity index (χ1v) is 9.60. The molecule has 28 heavy (non-hydrogen) atoms. The Hall–Kier alpha value is -3.58. The number of carbonyl (C=O) groups is 1. The number of fused-ring (bicyclic) bond motifs is 2. The number of pyridine rings is 1. The third-order valence-electron chi connectivity index (χ3n) is 4.42. The van der Waals surface area contributed by atoms with Crippen LogP contribution in [-0.4, -0.2) is 25.4 Å². The lowest BCUT2D eigenvalue weighted by molar-refractivity contribution is -0.116. The molecular weight excluding hydrogens is 370 g/mol. The molecule has 0 aliphatic rings. The number of rotatable bonds is 4. The molecule has 0 unspecified atom stereocenters. The van der Waals surface area contributed by atoms with Crippen LogP contribution in [0, 0.1) is 0 Å². The normalized spacial score (nSPS) is 11.1. The molecule has 5 rings (SSSR count). The number of benzene rings is 2. The Bertz CT molecular complexity index is 1260. The molecule has 6 nitrogen and oxygen atoms in total. The van der Waals surface area contributed by atoms with Crippen molar-refractivity contribution in [2.24, 2.45) is 0 Å². The van der Waals surface area contributed by atoms with Gasteiger partial charge in [-0.2, -0.15) is 0 Å². The van der Waals surface area contributed by atoms with E-state index in [1.807, 2.05) is 65.2 Å². The number of aromatic nitrogens is 4. The summed E-state index contributed by atoms with van der Waals surface area (Å²) in [6.07, 6.45) is 3.46. The predicted molar refractivity (Wildman–Crippen MR) is 111 cm³/mol. The van der Waals surface area contributed by atoms with Crippen molar-refractivity contribution in [1.82, 2.24) is 19.5 Å². The Balaban J connectivity index is 1.31. The van der Waals surface area contributed by atoms with Gasteiger partial charge < -0.3 is 9.88 Å². The molecule has 0 saturated carbocycles. The average Bonchev–Trinajstić information content (AvgIpc) is 3.33. The fourth-order valence-corrected chi connectivity index (χ4v) is 3.99. The molecule has 136 valence electrons. The van der Waals surface area contributed by atoms with Crippen LogP contribution in [0.1, 0.15) is 0 Å². The Morgan fingerprint density at radius 2 is 1.79 bits per heavy atom. The zero-order valence-corrected chi connectivity index (χ0v) is 15.6. The van der Waals surface area contributed by atoms with Gasteiger partial charge in [0.05, 0.1) is 17.4 Å². The molecule has 0 atom stereocenters. The van der Waals surface area contributed by atoms with E-state index in [1.165, 1.54) is 0 Å². The summed E-state index contributed by atoms with van der Waals surface area (Å²) in [6, 6.07) is 19.3. The number of anilines is 1. The lowest BCUT2D eigenvalue weighted by atomic mass is 10.2. The van der Waals surface area contributed by atoms with Gasteiger partial charge >= 0.3 is 0 Å². The maximum absolute atomic E-state index is 12.4. The smallest absolute Gasteiger partial charge is 0.244 e. The van der Waals surface area contributed by atoms with E-state index in [4.69, 9.17) is 0 Å². The number of para-hydroxylation sites is 2. The SMILES string of the molecule is O=C(Cn1cnc2ccccc21)Nc1ccc(-c2nc3cccnc3s2)cc1. The highest BCUT2D eigenvalue weighted by Gasteiger charge is 2.09. The number of thiazole rings is 1. The van der Waals surface area contributed by atoms with E-state index < -0.39 is 0 Å². The van der Waals surface area contributed by atoms with E-state index in [0.717, 1.165) is 37.6 Å². The number of hydrogen-bond donors (Lipinski definition) is 1. The average molecular weight is 385 g/mol. The van der Waals surface area contributed by atoms with E-state index in [1.54, 1.807) is 23.9 Å². The van der Waals surface area contributed by atoms with E-state index in [0.29, 0.717) is 0 Å². The Labute approximate surface area is 164 Å². The summed E-state index contributed by atoms with van der Waals surface area (Å²) in [7, 11) is 0. The summed E-state index contributed by atoms with van der Waals surface area (Å²) in [5.41, 5.74) is 4.47. The monoisotopic (exact) mass is 385 g/mol. The molecule has 0 aliphatic carbocycles. The third kappa shape index (κ3) is 3.12. The van der Waals surface area contributed by atoms with Crippen molar-refractivity contribution in [3.05, 3.63) is 73.2 Å². The topological polar surface area (TPSA) is 72.7 Å². The summed E-state index contributed by atoms with van der Waals surface area (Å²) in [6.45, 7) is 0.214. The number of nitrogens with one attached hydrogen (secondary N) is 1. The van der Waals surface area contributed by atoms with Crippen LogP contribution in [0.5, 0.6) is 0 Å². The Morgan fingerprint density at radius 1 is 0.964 bits per heavy atom. The van der Waals surface area contributed by atoms with Crippen LogP contribution >= 0.6 is 11.3 Å². The van der Waals surface area contributed by atoms with E-state index in [9.17, 15) is 4.79 Å². The second-order valence-corrected chi connectivity index (χ2v) is 7.31. The van der Waals surface area contributed by atoms with Crippen molar-refractivity contribution in [1.29, 1.82) is 0 Å². The molecule has 3 heterocycles. The van der Waals surface area contributed by atoms with Gasteiger partial charge in [-0.05, 0) is 48.5 Å². The summed E-state index contributed by atoms with van der Waals surface area (Å²) in [5, 5.41) is 3.85. The molecule has 0 saturated heterocycles. The number of nitrogens with zero attached hydrogens (tertiary/aromatic N) is 4. The first-order valence-electron chi connectivity index (χ1n) is 8.78. The second-order valence-electron chi connectivity index (χ2n) is 6.33. The maximum atomic E-state index is 12.4. The number of amides is 1. The molecule has 5 aromatic rings. The highest BCUT2D eigenvalue weighted by molar-refractivity contribution is 7.21. The molecule has 0 fully saturated rings. The minimum absolute atomic E-state index is 0.0971. The first kappa shape index (κ1) is 16.6. The van der Waals surface area contributed by atoms with Gasteiger partial charge in [0.25, 0.3) is 0 Å². The predicted octanol–water partition coefficient (Wildman–Crippen LogP) is 4.35. The van der Waals surface area contributed by atoms with Crippen molar-refractivity contribution in [3.8, 4) is 10.6 Å². The number of hydrogen-bond acceptors (Lipinski definition) is 5. The zero-order chi connectivity index (χ0) is 18.9. The van der Waals surface area contributed by atoms with Crippen LogP contribution in [0.15, 0.2) is 73.2 Å². The molecule has 7 heteroatoms. The molecule has 0 radical (unpaired) electrons. The molecule has 0 spiro atoms. The molecule has 3 aromatic heterocycles. The Morgan fingerprint density at radius 3 is 2.64 bits per heavy atom. The summed E-state index contributed by atoms with van der Waals surface area (Å²) in [5.74, 6) is -0.0971. The largest absolute Gasteiger partial charge is 0.325 e. The number of imidazole rings is 1. The van der Waals surface area contributed by atoms with Gasteiger partial charge in [-0.25, -0.2) is 15.0 Å². The fourth-order valence-electron chi connectivity index (χ4n) is 3.08. The van der Waals surface area contributed by atoms with Crippen LogP contribution < -0.4 is 5.32 Å². The molecule has 1 amide bonds. The fraction of sp³-hybridized carbons (Fsp3) is 0.0476. The summed E-state index contributed by atoms with van der Waals surface area (Å²) < 4.78 is 1.84. The van der Waals surface area contributed by atoms with Gasteiger partial charge in [0.15, 0.2) is 0 Å². The summed E-state index contributed by atoms with van der Waals surface area (Å²) in [4.78, 5) is 26.6. The maximum Gasteiger partial charge on any atom is 0.244 e. The van der Waals surface area contributed by atoms with Crippen LogP contribution in [0.2, 0.25) is 0 Å². The highest BCUT2D eigenvalue weighted by atomic mass is 32.1. The Kier molecular flexibility index (Phi) is 4.06. The van der Waals surface area contributed by atoms with E-state index in [-0.39, 0.29) is 12.5 Å². The van der Waals surface area contributed by atoms with Gasteiger partial charge in [0.1, 0.15) is 21.9 Å². The molecule has 0 bridgehead atoms. The highest BCUT2D eigenvalue weighted by Crippen LogP contribution is 2.29. The minimum atomic E-state index is -0.0971. The summed E-state index contributed by atoms with van der Waals surface area (Å²) >= 11 is 1.55. The molecule has 0 aliphatic heterocycles. The lowest BCUT2D eigenvalue weighted by Crippen LogP contribution is -2.18. The van der Waals surface area contributed by atoms with Gasteiger partial charge in [-0.15, -0.1) is 0 Å². The van der Waals surface area contributed by atoms with Crippen molar-refractivity contribution in [2.75, 3.05) is 5.32 Å². The van der Waals surface area contributed by atoms with Crippen molar-refractivity contribution in [2.45, 2.75) is 6.54 Å². The van der Waals surface area contributed by atoms with E-state index in [2.05, 4.69) is 20.3 Å². The van der Waals surface area contributed by atoms with Crippen LogP contribution in [0.3, 0.4) is 0 Å². The van der Waals surface area contributed by atoms with Crippen molar-refractivity contribution in [3.63, 3.8) is 0 Å². The van der Waals surface area contributed by atoms with E-state index >= 15 is 0 Å². The van der Waals surface area contributed by atoms with Gasteiger partial charge in [-0.3, -0.25) is 4.79 Å². The van der Waals surface area contributed by atoms with Crippen LogP contribution in [-0.2, 0) is 11.3 Å². The second kappa shape index (κ2) is 6.86. The minimum Gasteiger partial charge on any atom is -0.325 e.